The summed E-state index contributed by atoms with van der Waals surface area (Å²) in [6, 6.07) is 3.22. The van der Waals surface area contributed by atoms with Crippen LogP contribution in [0.25, 0.3) is 5.82 Å². The maximum Gasteiger partial charge on any atom is 0.316 e. The molecule has 2 N–H and O–H groups in total. The molecule has 354 valence electrons. The minimum absolute atomic E-state index is 0.00251. The van der Waals surface area contributed by atoms with Gasteiger partial charge in [-0.1, -0.05) is 32.0 Å². The van der Waals surface area contributed by atoms with Crippen molar-refractivity contribution in [2.75, 3.05) is 41.4 Å². The molecule has 3 fully saturated rings. The Labute approximate surface area is 375 Å². The first-order chi connectivity index (χ1) is 30.1. The molecule has 0 saturated carbocycles. The molecule has 12 atom stereocenters. The molecule has 3 aliphatic rings. The van der Waals surface area contributed by atoms with Gasteiger partial charge in [-0.25, -0.2) is 19.7 Å². The molecular formula is C44H67N9O11. The highest BCUT2D eigenvalue weighted by atomic mass is 16.7. The minimum Gasteiger partial charge on any atom is -0.459 e. The van der Waals surface area contributed by atoms with Crippen LogP contribution in [0.2, 0.25) is 0 Å². The number of likely N-dealkylation sites (N-methyl/N-ethyl adjacent to an activating group) is 1. The third-order valence-corrected chi connectivity index (χ3v) is 12.1. The zero-order valence-electron chi connectivity index (χ0n) is 39.2. The largest absolute Gasteiger partial charge is 0.459 e. The topological polar surface area (TPSA) is 234 Å². The summed E-state index contributed by atoms with van der Waals surface area (Å²) in [4.78, 5) is 68.0. The van der Waals surface area contributed by atoms with E-state index < -0.39 is 77.3 Å². The van der Waals surface area contributed by atoms with Crippen LogP contribution in [0.4, 0.5) is 5.95 Å². The summed E-state index contributed by atoms with van der Waals surface area (Å²) < 4.78 is 33.8. The number of cyclic esters (lactones) is 1. The number of pyridine rings is 1. The quantitative estimate of drug-likeness (QED) is 0.115. The van der Waals surface area contributed by atoms with Crippen LogP contribution in [-0.2, 0) is 49.5 Å². The molecule has 0 spiro atoms. The van der Waals surface area contributed by atoms with Crippen molar-refractivity contribution < 1.29 is 53.1 Å². The summed E-state index contributed by atoms with van der Waals surface area (Å²) in [6.45, 7) is 12.8. The second kappa shape index (κ2) is 21.6. The molecule has 5 heterocycles. The number of aromatic nitrogens is 4. The van der Waals surface area contributed by atoms with Crippen LogP contribution in [-0.4, -0.2) is 171 Å². The normalized spacial score (nSPS) is 34.9. The van der Waals surface area contributed by atoms with Gasteiger partial charge in [-0.2, -0.15) is 4.98 Å². The van der Waals surface area contributed by atoms with Crippen molar-refractivity contribution in [2.45, 2.75) is 142 Å². The number of nitrogens with zero attached hydrogens (tertiary/aromatic N) is 9. The number of aliphatic hydroxyl groups excluding tert-OH is 1. The second-order valence-corrected chi connectivity index (χ2v) is 18.1. The van der Waals surface area contributed by atoms with Crippen molar-refractivity contribution in [3.8, 4) is 5.82 Å². The van der Waals surface area contributed by atoms with E-state index in [0.717, 1.165) is 0 Å². The summed E-state index contributed by atoms with van der Waals surface area (Å²) in [7, 11) is 7.41. The highest BCUT2D eigenvalue weighted by Crippen LogP contribution is 2.39. The molecule has 20 nitrogen and oxygen atoms in total. The third-order valence-electron chi connectivity index (χ3n) is 12.1. The molecule has 64 heavy (non-hydrogen) atoms. The molecule has 1 amide bonds. The monoisotopic (exact) mass is 897 g/mol. The number of fused-ring (bicyclic) bond motifs is 5. The Kier molecular flexibility index (Phi) is 17.0. The number of oxime groups is 1. The highest BCUT2D eigenvalue weighted by molar-refractivity contribution is 6.00. The number of ether oxygens (including phenoxy) is 5. The summed E-state index contributed by atoms with van der Waals surface area (Å²) >= 11 is 0. The molecule has 20 heteroatoms. The lowest BCUT2D eigenvalue weighted by molar-refractivity contribution is -0.296. The second-order valence-electron chi connectivity index (χ2n) is 18.1. The Balaban J connectivity index is 1.56. The first-order valence-electron chi connectivity index (χ1n) is 21.8. The Bertz CT molecular complexity index is 2010. The van der Waals surface area contributed by atoms with Crippen molar-refractivity contribution in [1.82, 2.24) is 29.5 Å². The number of carbonyl (C=O) groups is 3. The van der Waals surface area contributed by atoms with Crippen LogP contribution in [0.15, 0.2) is 39.8 Å². The van der Waals surface area contributed by atoms with Crippen LogP contribution in [0.1, 0.15) is 86.6 Å². The number of aliphatic hydroxyl groups is 2. The van der Waals surface area contributed by atoms with E-state index in [2.05, 4.69) is 30.2 Å². The van der Waals surface area contributed by atoms with Crippen LogP contribution >= 0.6 is 0 Å². The first kappa shape index (κ1) is 50.4. The molecular weight excluding hydrogens is 831 g/mol. The van der Waals surface area contributed by atoms with Crippen LogP contribution in [0, 0.1) is 17.8 Å². The van der Waals surface area contributed by atoms with Gasteiger partial charge >= 0.3 is 5.97 Å². The SMILES string of the molecule is CC[C@@H]1OC(=O)[C@H](C)C(=O)[C@H](C)[C@@H](O[C@@H]2O[C@H](C)C[C@H](N(C)C)[C@H]2O)[C@@]2(C)C[C@@H](C)C(=NC(C)=O)C[C@H](OC/C(=N/OCc3ccc(-n4cnc(/N=C/N(C)C)n4)nc3)CO2)[C@]1(C)O. The molecule has 2 aromatic heterocycles. The van der Waals surface area contributed by atoms with Crippen LogP contribution < -0.4 is 0 Å². The molecule has 5 rings (SSSR count). The van der Waals surface area contributed by atoms with Gasteiger partial charge in [0.1, 0.15) is 42.4 Å². The van der Waals surface area contributed by atoms with Crippen molar-refractivity contribution in [1.29, 1.82) is 0 Å². The number of carbonyl (C=O) groups excluding carboxylic acids is 3. The molecule has 2 aromatic rings. The summed E-state index contributed by atoms with van der Waals surface area (Å²) in [6.07, 6.45) is -0.496. The number of ketones is 1. The molecule has 0 aliphatic carbocycles. The van der Waals surface area contributed by atoms with Crippen molar-refractivity contribution >= 4 is 41.4 Å². The zero-order valence-corrected chi connectivity index (χ0v) is 39.2. The first-order valence-corrected chi connectivity index (χ1v) is 21.8. The fourth-order valence-corrected chi connectivity index (χ4v) is 8.45. The average molecular weight is 898 g/mol. The van der Waals surface area contributed by atoms with Gasteiger partial charge in [0.2, 0.25) is 5.91 Å². The number of Topliss-reactive ketones (excluding diaryl/α,β-unsaturated/α-hetero) is 1. The van der Waals surface area contributed by atoms with Gasteiger partial charge < -0.3 is 48.5 Å². The van der Waals surface area contributed by atoms with E-state index in [9.17, 15) is 24.6 Å². The van der Waals surface area contributed by atoms with E-state index in [1.165, 1.54) is 31.8 Å². The van der Waals surface area contributed by atoms with Crippen LogP contribution in [0.3, 0.4) is 0 Å². The number of esters is 1. The van der Waals surface area contributed by atoms with Crippen molar-refractivity contribution in [2.24, 2.45) is 32.9 Å². The van der Waals surface area contributed by atoms with Gasteiger partial charge in [-0.05, 0) is 73.0 Å². The van der Waals surface area contributed by atoms with Gasteiger partial charge in [0.25, 0.3) is 5.95 Å². The molecule has 3 aliphatic heterocycles. The fourth-order valence-electron chi connectivity index (χ4n) is 8.45. The van der Waals surface area contributed by atoms with E-state index >= 15 is 0 Å². The van der Waals surface area contributed by atoms with Crippen molar-refractivity contribution in [3.05, 3.63) is 30.2 Å². The van der Waals surface area contributed by atoms with Gasteiger partial charge in [-0.15, -0.1) is 5.10 Å². The lowest BCUT2D eigenvalue weighted by Crippen LogP contribution is -2.59. The third kappa shape index (κ3) is 12.4. The Morgan fingerprint density at radius 3 is 2.47 bits per heavy atom. The molecule has 0 unspecified atom stereocenters. The predicted molar refractivity (Wildman–Crippen MR) is 235 cm³/mol. The standard InChI is InChI=1S/C44H67N9O11/c1-13-34-44(8,58)35-17-32(48-29(6)54)25(2)18-43(7,39(27(4)37(55)28(5)40(57)63-34)64-41-38(56)33(52(11)12)16-26(3)62-41)60-22-31(21-59-35)50-61-20-30-14-15-36(45-19-30)53-24-47-42(49-53)46-23-51(9)10/h14-15,19,23-28,33-35,38-39,41,56,58H,13,16-18,20-22H2,1-12H3/b46-23+,48-32?,50-31-/t25-,26-,27+,28-,33+,34+,35+,38-,39-,41+,43-,44-/m1/s1. The predicted octanol–water partition coefficient (Wildman–Crippen LogP) is 3.07. The molecule has 0 aromatic carbocycles. The maximum absolute atomic E-state index is 14.5. The number of rotatable bonds is 10. The molecule has 2 bridgehead atoms. The number of hydrogen-bond donors (Lipinski definition) is 2. The number of aliphatic imine (C=N–C) groups is 2. The minimum atomic E-state index is -1.85. The maximum atomic E-state index is 14.5. The number of amides is 1. The van der Waals surface area contributed by atoms with E-state index in [1.54, 1.807) is 50.3 Å². The van der Waals surface area contributed by atoms with Gasteiger partial charge in [-0.3, -0.25) is 14.4 Å². The molecule has 3 saturated heterocycles. The highest BCUT2D eigenvalue weighted by Gasteiger charge is 2.51. The van der Waals surface area contributed by atoms with Gasteiger partial charge in [0, 0.05) is 56.9 Å². The smallest absolute Gasteiger partial charge is 0.316 e. The lowest BCUT2D eigenvalue weighted by Gasteiger charge is -2.47. The molecule has 0 radical (unpaired) electrons. The van der Waals surface area contributed by atoms with E-state index in [-0.39, 0.29) is 62.9 Å². The zero-order chi connectivity index (χ0) is 47.1. The summed E-state index contributed by atoms with van der Waals surface area (Å²) in [5, 5.41) is 32.8. The van der Waals surface area contributed by atoms with E-state index in [4.69, 9.17) is 28.5 Å². The number of hydrogen-bond acceptors (Lipinski definition) is 17. The van der Waals surface area contributed by atoms with Gasteiger partial charge in [0.15, 0.2) is 17.9 Å². The fraction of sp³-hybridized carbons (Fsp3) is 0.705. The van der Waals surface area contributed by atoms with Gasteiger partial charge in [0.05, 0.1) is 43.5 Å². The van der Waals surface area contributed by atoms with E-state index in [1.807, 2.05) is 46.9 Å². The Morgan fingerprint density at radius 2 is 1.83 bits per heavy atom. The Morgan fingerprint density at radius 1 is 1.09 bits per heavy atom. The van der Waals surface area contributed by atoms with Crippen molar-refractivity contribution in [3.63, 3.8) is 0 Å². The van der Waals surface area contributed by atoms with Crippen LogP contribution in [0.5, 0.6) is 0 Å². The van der Waals surface area contributed by atoms with E-state index in [0.29, 0.717) is 23.5 Å². The average Bonchev–Trinajstić information content (AvgIpc) is 3.71. The summed E-state index contributed by atoms with van der Waals surface area (Å²) in [5.74, 6) is -3.86. The summed E-state index contributed by atoms with van der Waals surface area (Å²) in [5.41, 5.74) is -1.92. The Hall–Kier alpha value is -4.57. The lowest BCUT2D eigenvalue weighted by atomic mass is 9.76.